The quantitative estimate of drug-likeness (QED) is 0.511. The van der Waals surface area contributed by atoms with E-state index in [-0.39, 0.29) is 0 Å². The van der Waals surface area contributed by atoms with Gasteiger partial charge in [0.15, 0.2) is 0 Å². The molecule has 0 heterocycles. The lowest BCUT2D eigenvalue weighted by atomic mass is 9.72. The van der Waals surface area contributed by atoms with Crippen molar-refractivity contribution in [2.24, 2.45) is 11.8 Å². The van der Waals surface area contributed by atoms with Crippen LogP contribution in [0.4, 0.5) is 0 Å². The molecule has 1 rings (SSSR count). The first-order chi connectivity index (χ1) is 9.08. The van der Waals surface area contributed by atoms with Crippen molar-refractivity contribution < 1.29 is 0 Å². The lowest BCUT2D eigenvalue weighted by Gasteiger charge is -2.33. The zero-order valence-corrected chi connectivity index (χ0v) is 14.1. The molecule has 0 radical (unpaired) electrons. The number of hydrogen-bond donors (Lipinski definition) is 0. The first-order valence-electron chi connectivity index (χ1n) is 7.53. The number of hydrogen-bond acceptors (Lipinski definition) is 0. The second-order valence-electron chi connectivity index (χ2n) is 5.34. The van der Waals surface area contributed by atoms with Crippen LogP contribution in [0.5, 0.6) is 0 Å². The summed E-state index contributed by atoms with van der Waals surface area (Å²) in [5.74, 6) is 1.95. The van der Waals surface area contributed by atoms with E-state index < -0.39 is 0 Å². The Balaban J connectivity index is 3.21. The van der Waals surface area contributed by atoms with Crippen molar-refractivity contribution in [2.45, 2.75) is 59.3 Å². The average molecular weight is 301 g/mol. The molecule has 1 aromatic carbocycles. The Morgan fingerprint density at radius 3 is 1.68 bits per heavy atom. The summed E-state index contributed by atoms with van der Waals surface area (Å²) in [6.45, 7) is 9.14. The SMILES string of the molecule is CCC(CC)C(c1ccc(Cl)cc1Cl)C(CC)CC. The van der Waals surface area contributed by atoms with Crippen molar-refractivity contribution in [3.63, 3.8) is 0 Å². The Morgan fingerprint density at radius 2 is 1.32 bits per heavy atom. The molecule has 0 N–H and O–H groups in total. The smallest absolute Gasteiger partial charge is 0.0455 e. The summed E-state index contributed by atoms with van der Waals surface area (Å²) < 4.78 is 0. The molecule has 0 amide bonds. The molecule has 1 aromatic rings. The number of benzene rings is 1. The first-order valence-corrected chi connectivity index (χ1v) is 8.29. The molecule has 0 aromatic heterocycles. The third kappa shape index (κ3) is 4.13. The molecule has 0 aliphatic rings. The fourth-order valence-electron chi connectivity index (χ4n) is 3.26. The largest absolute Gasteiger partial charge is 0.0843 e. The molecule has 19 heavy (non-hydrogen) atoms. The van der Waals surface area contributed by atoms with Gasteiger partial charge in [0.1, 0.15) is 0 Å². The fourth-order valence-corrected chi connectivity index (χ4v) is 3.79. The monoisotopic (exact) mass is 300 g/mol. The van der Waals surface area contributed by atoms with Gasteiger partial charge >= 0.3 is 0 Å². The molecule has 0 aliphatic heterocycles. The summed E-state index contributed by atoms with van der Waals surface area (Å²) >= 11 is 12.5. The van der Waals surface area contributed by atoms with Gasteiger partial charge in [-0.1, -0.05) is 82.6 Å². The molecule has 0 nitrogen and oxygen atoms in total. The molecule has 0 atom stereocenters. The van der Waals surface area contributed by atoms with E-state index in [4.69, 9.17) is 23.2 Å². The van der Waals surface area contributed by atoms with Gasteiger partial charge in [-0.25, -0.2) is 0 Å². The number of rotatable bonds is 7. The van der Waals surface area contributed by atoms with Crippen molar-refractivity contribution >= 4 is 23.2 Å². The van der Waals surface area contributed by atoms with Crippen LogP contribution < -0.4 is 0 Å². The minimum Gasteiger partial charge on any atom is -0.0843 e. The van der Waals surface area contributed by atoms with Gasteiger partial charge in [-0.3, -0.25) is 0 Å². The highest BCUT2D eigenvalue weighted by molar-refractivity contribution is 6.35. The van der Waals surface area contributed by atoms with E-state index in [2.05, 4.69) is 33.8 Å². The van der Waals surface area contributed by atoms with Gasteiger partial charge in [-0.2, -0.15) is 0 Å². The van der Waals surface area contributed by atoms with E-state index >= 15 is 0 Å². The summed E-state index contributed by atoms with van der Waals surface area (Å²) in [7, 11) is 0. The third-order valence-electron chi connectivity index (χ3n) is 4.43. The Hall–Kier alpha value is -0.200. The van der Waals surface area contributed by atoms with Gasteiger partial charge in [-0.15, -0.1) is 0 Å². The van der Waals surface area contributed by atoms with Crippen LogP contribution in [0.1, 0.15) is 64.9 Å². The molecule has 0 saturated heterocycles. The predicted molar refractivity (Wildman–Crippen MR) is 87.3 cm³/mol. The topological polar surface area (TPSA) is 0 Å². The van der Waals surface area contributed by atoms with E-state index in [1.54, 1.807) is 0 Å². The van der Waals surface area contributed by atoms with E-state index in [9.17, 15) is 0 Å². The molecule has 2 heteroatoms. The highest BCUT2D eigenvalue weighted by Gasteiger charge is 2.28. The Morgan fingerprint density at radius 1 is 0.842 bits per heavy atom. The Kier molecular flexibility index (Phi) is 7.25. The maximum atomic E-state index is 6.46. The van der Waals surface area contributed by atoms with Crippen LogP contribution in [0.3, 0.4) is 0 Å². The average Bonchev–Trinajstić information content (AvgIpc) is 2.40. The minimum atomic E-state index is 0.551. The van der Waals surface area contributed by atoms with Crippen molar-refractivity contribution in [1.82, 2.24) is 0 Å². The second-order valence-corrected chi connectivity index (χ2v) is 6.19. The van der Waals surface area contributed by atoms with Gasteiger partial charge in [0.2, 0.25) is 0 Å². The zero-order chi connectivity index (χ0) is 14.4. The van der Waals surface area contributed by atoms with Crippen molar-refractivity contribution in [1.29, 1.82) is 0 Å². The highest BCUT2D eigenvalue weighted by atomic mass is 35.5. The van der Waals surface area contributed by atoms with Crippen molar-refractivity contribution in [3.05, 3.63) is 33.8 Å². The summed E-state index contributed by atoms with van der Waals surface area (Å²) in [5.41, 5.74) is 1.29. The minimum absolute atomic E-state index is 0.551. The molecular weight excluding hydrogens is 275 g/mol. The van der Waals surface area contributed by atoms with Crippen LogP contribution >= 0.6 is 23.2 Å². The van der Waals surface area contributed by atoms with Gasteiger partial charge in [0.25, 0.3) is 0 Å². The molecule has 0 bridgehead atoms. The zero-order valence-electron chi connectivity index (χ0n) is 12.5. The van der Waals surface area contributed by atoms with Crippen LogP contribution in [0.25, 0.3) is 0 Å². The Bertz CT molecular complexity index is 367. The van der Waals surface area contributed by atoms with E-state index in [0.717, 1.165) is 10.0 Å². The van der Waals surface area contributed by atoms with E-state index in [1.165, 1.54) is 31.2 Å². The lowest BCUT2D eigenvalue weighted by Crippen LogP contribution is -2.21. The summed E-state index contributed by atoms with van der Waals surface area (Å²) in [6.07, 6.45) is 4.82. The predicted octanol–water partition coefficient (Wildman–Crippen LogP) is 6.95. The third-order valence-corrected chi connectivity index (χ3v) is 5.00. The molecule has 0 fully saturated rings. The summed E-state index contributed by atoms with van der Waals surface area (Å²) in [5, 5.41) is 1.55. The Labute approximate surface area is 128 Å². The highest BCUT2D eigenvalue weighted by Crippen LogP contribution is 2.42. The standard InChI is InChI=1S/C17H26Cl2/c1-5-12(6-2)17(13(7-3)8-4)15-10-9-14(18)11-16(15)19/h9-13,17H,5-8H2,1-4H3. The molecule has 0 unspecified atom stereocenters. The maximum Gasteiger partial charge on any atom is 0.0455 e. The summed E-state index contributed by atoms with van der Waals surface area (Å²) in [6, 6.07) is 5.99. The van der Waals surface area contributed by atoms with Crippen LogP contribution in [-0.2, 0) is 0 Å². The van der Waals surface area contributed by atoms with Crippen molar-refractivity contribution in [3.8, 4) is 0 Å². The van der Waals surface area contributed by atoms with Gasteiger partial charge in [0.05, 0.1) is 0 Å². The molecule has 0 spiro atoms. The van der Waals surface area contributed by atoms with Crippen LogP contribution in [0.15, 0.2) is 18.2 Å². The fraction of sp³-hybridized carbons (Fsp3) is 0.647. The van der Waals surface area contributed by atoms with Crippen LogP contribution in [0, 0.1) is 11.8 Å². The molecule has 0 aliphatic carbocycles. The van der Waals surface area contributed by atoms with Gasteiger partial charge in [0, 0.05) is 10.0 Å². The van der Waals surface area contributed by atoms with E-state index in [1.807, 2.05) is 12.1 Å². The van der Waals surface area contributed by atoms with Gasteiger partial charge in [-0.05, 0) is 35.4 Å². The lowest BCUT2D eigenvalue weighted by molar-refractivity contribution is 0.279. The summed E-state index contributed by atoms with van der Waals surface area (Å²) in [4.78, 5) is 0. The second kappa shape index (κ2) is 8.17. The van der Waals surface area contributed by atoms with Gasteiger partial charge < -0.3 is 0 Å². The van der Waals surface area contributed by atoms with Crippen LogP contribution in [-0.4, -0.2) is 0 Å². The first kappa shape index (κ1) is 16.9. The van der Waals surface area contributed by atoms with E-state index in [0.29, 0.717) is 17.8 Å². The molecule has 0 saturated carbocycles. The van der Waals surface area contributed by atoms with Crippen LogP contribution in [0.2, 0.25) is 10.0 Å². The normalized spacial score (nSPS) is 11.8. The van der Waals surface area contributed by atoms with Crippen molar-refractivity contribution in [2.75, 3.05) is 0 Å². The maximum absolute atomic E-state index is 6.46. The number of halogens is 2. The molecular formula is C17H26Cl2. The molecule has 108 valence electrons.